The molecule has 2 aromatic carbocycles. The minimum atomic E-state index is -0.436. The molecule has 9 heteroatoms. The normalized spacial score (nSPS) is 11.2. The van der Waals surface area contributed by atoms with Crippen LogP contribution in [0.1, 0.15) is 52.8 Å². The molecule has 4 rings (SSSR count). The van der Waals surface area contributed by atoms with E-state index in [-0.39, 0.29) is 24.1 Å². The number of halogens is 3. The monoisotopic (exact) mass is 559 g/mol. The van der Waals surface area contributed by atoms with Crippen LogP contribution in [0.3, 0.4) is 0 Å². The smallest absolute Gasteiger partial charge is 0.292 e. The third-order valence-corrected chi connectivity index (χ3v) is 6.36. The summed E-state index contributed by atoms with van der Waals surface area (Å²) >= 11 is 9.68. The zero-order valence-electron chi connectivity index (χ0n) is 19.4. The first-order valence-electron chi connectivity index (χ1n) is 11.0. The van der Waals surface area contributed by atoms with Crippen LogP contribution in [0.25, 0.3) is 0 Å². The van der Waals surface area contributed by atoms with E-state index in [4.69, 9.17) is 20.8 Å². The van der Waals surface area contributed by atoms with Crippen LogP contribution in [0.5, 0.6) is 5.75 Å². The number of hydrogen-bond donors (Lipinski definition) is 1. The van der Waals surface area contributed by atoms with Crippen molar-refractivity contribution in [3.05, 3.63) is 98.3 Å². The molecule has 35 heavy (non-hydrogen) atoms. The number of aromatic nitrogens is 2. The Morgan fingerprint density at radius 3 is 2.69 bits per heavy atom. The first-order valence-corrected chi connectivity index (χ1v) is 12.2. The predicted octanol–water partition coefficient (Wildman–Crippen LogP) is 7.34. The molecule has 0 radical (unpaired) electrons. The molecule has 0 spiro atoms. The zero-order chi connectivity index (χ0) is 25.1. The average Bonchev–Trinajstić information content (AvgIpc) is 3.42. The van der Waals surface area contributed by atoms with Crippen LogP contribution in [0.15, 0.2) is 63.6 Å². The quantitative estimate of drug-likeness (QED) is 0.245. The second-order valence-electron chi connectivity index (χ2n) is 8.45. The molecular weight excluding hydrogens is 537 g/mol. The van der Waals surface area contributed by atoms with Crippen LogP contribution in [-0.2, 0) is 13.2 Å². The lowest BCUT2D eigenvalue weighted by Gasteiger charge is -2.15. The summed E-state index contributed by atoms with van der Waals surface area (Å²) in [5, 5.41) is 7.82. The van der Waals surface area contributed by atoms with E-state index in [1.807, 2.05) is 19.1 Å². The number of carbonyl (C=O) groups is 1. The van der Waals surface area contributed by atoms with Gasteiger partial charge in [-0.15, -0.1) is 0 Å². The average molecular weight is 561 g/mol. The van der Waals surface area contributed by atoms with Gasteiger partial charge in [-0.2, -0.15) is 5.10 Å². The number of benzene rings is 2. The lowest BCUT2D eigenvalue weighted by Crippen LogP contribution is -2.12. The fraction of sp³-hybridized carbons (Fsp3) is 0.231. The van der Waals surface area contributed by atoms with Crippen LogP contribution < -0.4 is 10.1 Å². The first-order chi connectivity index (χ1) is 16.7. The summed E-state index contributed by atoms with van der Waals surface area (Å²) < 4.78 is 27.1. The number of nitrogens with one attached hydrogen (secondary N) is 1. The van der Waals surface area contributed by atoms with E-state index in [2.05, 4.69) is 40.2 Å². The van der Waals surface area contributed by atoms with E-state index in [0.29, 0.717) is 27.6 Å². The molecule has 2 aromatic heterocycles. The maximum absolute atomic E-state index is 13.1. The van der Waals surface area contributed by atoms with E-state index in [0.717, 1.165) is 22.4 Å². The fourth-order valence-electron chi connectivity index (χ4n) is 3.48. The topological polar surface area (TPSA) is 69.3 Å². The molecule has 4 aromatic rings. The molecule has 0 aliphatic heterocycles. The van der Waals surface area contributed by atoms with Gasteiger partial charge in [0.25, 0.3) is 5.91 Å². The molecular formula is C26H24BrClFN3O3. The summed E-state index contributed by atoms with van der Waals surface area (Å²) in [5.74, 6) is 1.24. The number of carbonyl (C=O) groups excluding carboxylic acids is 1. The molecule has 2 heterocycles. The number of hydrogen-bond acceptors (Lipinski definition) is 4. The van der Waals surface area contributed by atoms with Crippen LogP contribution in [0.2, 0.25) is 5.02 Å². The Bertz CT molecular complexity index is 1350. The van der Waals surface area contributed by atoms with Crippen molar-refractivity contribution in [2.24, 2.45) is 0 Å². The summed E-state index contributed by atoms with van der Waals surface area (Å²) in [6, 6.07) is 13.3. The standard InChI is InChI=1S/C26H24BrClFN3O3/c1-15(2)20-11-22(28)16(3)10-24(20)34-14-19-8-9-23(35-19)26(33)30-25-21(27)13-32(31-25)12-17-4-6-18(29)7-5-17/h4-11,13,15H,12,14H2,1-3H3,(H,30,31,33). The molecule has 0 aliphatic carbocycles. The highest BCUT2D eigenvalue weighted by atomic mass is 79.9. The summed E-state index contributed by atoms with van der Waals surface area (Å²) in [6.45, 7) is 6.67. The second kappa shape index (κ2) is 10.7. The maximum atomic E-state index is 13.1. The Morgan fingerprint density at radius 1 is 1.23 bits per heavy atom. The van der Waals surface area contributed by atoms with Crippen molar-refractivity contribution in [1.82, 2.24) is 9.78 Å². The number of aryl methyl sites for hydroxylation is 1. The number of nitrogens with zero attached hydrogens (tertiary/aromatic N) is 2. The summed E-state index contributed by atoms with van der Waals surface area (Å²) in [4.78, 5) is 12.7. The Morgan fingerprint density at radius 2 is 1.97 bits per heavy atom. The fourth-order valence-corrected chi connectivity index (χ4v) is 4.07. The Hall–Kier alpha value is -3.10. The molecule has 0 atom stereocenters. The molecule has 0 unspecified atom stereocenters. The largest absolute Gasteiger partial charge is 0.485 e. The molecule has 0 fully saturated rings. The van der Waals surface area contributed by atoms with Gasteiger partial charge in [-0.25, -0.2) is 4.39 Å². The van der Waals surface area contributed by atoms with Crippen LogP contribution >= 0.6 is 27.5 Å². The molecule has 0 bridgehead atoms. The van der Waals surface area contributed by atoms with Crippen molar-refractivity contribution in [2.75, 3.05) is 5.32 Å². The van der Waals surface area contributed by atoms with E-state index in [1.54, 1.807) is 35.1 Å². The van der Waals surface area contributed by atoms with E-state index < -0.39 is 5.91 Å². The Kier molecular flexibility index (Phi) is 7.62. The van der Waals surface area contributed by atoms with Gasteiger partial charge in [0.1, 0.15) is 23.9 Å². The minimum absolute atomic E-state index is 0.139. The van der Waals surface area contributed by atoms with Gasteiger partial charge in [0.05, 0.1) is 11.0 Å². The van der Waals surface area contributed by atoms with E-state index in [9.17, 15) is 9.18 Å². The van der Waals surface area contributed by atoms with Crippen LogP contribution in [-0.4, -0.2) is 15.7 Å². The van der Waals surface area contributed by atoms with Gasteiger partial charge in [-0.3, -0.25) is 9.48 Å². The van der Waals surface area contributed by atoms with Crippen molar-refractivity contribution in [1.29, 1.82) is 0 Å². The van der Waals surface area contributed by atoms with Gasteiger partial charge in [0, 0.05) is 11.2 Å². The van der Waals surface area contributed by atoms with Crippen molar-refractivity contribution in [3.8, 4) is 5.75 Å². The van der Waals surface area contributed by atoms with Crippen molar-refractivity contribution in [3.63, 3.8) is 0 Å². The number of furan rings is 1. The number of ether oxygens (including phenoxy) is 1. The molecule has 0 saturated heterocycles. The third-order valence-electron chi connectivity index (χ3n) is 5.38. The molecule has 0 saturated carbocycles. The van der Waals surface area contributed by atoms with Gasteiger partial charge in [-0.05, 0) is 81.9 Å². The van der Waals surface area contributed by atoms with Crippen molar-refractivity contribution < 1.29 is 18.3 Å². The Labute approximate surface area is 216 Å². The summed E-state index contributed by atoms with van der Waals surface area (Å²) in [7, 11) is 0. The maximum Gasteiger partial charge on any atom is 0.292 e. The number of amides is 1. The van der Waals surface area contributed by atoms with E-state index >= 15 is 0 Å². The van der Waals surface area contributed by atoms with Crippen LogP contribution in [0.4, 0.5) is 10.2 Å². The minimum Gasteiger partial charge on any atom is -0.485 e. The molecule has 0 aliphatic rings. The van der Waals surface area contributed by atoms with Gasteiger partial charge < -0.3 is 14.5 Å². The highest BCUT2D eigenvalue weighted by molar-refractivity contribution is 9.10. The lowest BCUT2D eigenvalue weighted by molar-refractivity contribution is 0.0992. The van der Waals surface area contributed by atoms with Gasteiger partial charge >= 0.3 is 0 Å². The van der Waals surface area contributed by atoms with Gasteiger partial charge in [-0.1, -0.05) is 37.6 Å². The number of anilines is 1. The van der Waals surface area contributed by atoms with E-state index in [1.165, 1.54) is 12.1 Å². The summed E-state index contributed by atoms with van der Waals surface area (Å²) in [5.41, 5.74) is 2.81. The number of rotatable bonds is 8. The van der Waals surface area contributed by atoms with Crippen LogP contribution in [0, 0.1) is 12.7 Å². The predicted molar refractivity (Wildman–Crippen MR) is 137 cm³/mol. The molecule has 6 nitrogen and oxygen atoms in total. The first kappa shape index (κ1) is 25.0. The Balaban J connectivity index is 1.40. The lowest BCUT2D eigenvalue weighted by atomic mass is 10.0. The summed E-state index contributed by atoms with van der Waals surface area (Å²) in [6.07, 6.45) is 1.74. The highest BCUT2D eigenvalue weighted by Gasteiger charge is 2.17. The zero-order valence-corrected chi connectivity index (χ0v) is 21.8. The SMILES string of the molecule is Cc1cc(OCc2ccc(C(=O)Nc3nn(Cc4ccc(F)cc4)cc3Br)o2)c(C(C)C)cc1Cl. The molecule has 182 valence electrons. The van der Waals surface area contributed by atoms with Crippen molar-refractivity contribution >= 4 is 39.3 Å². The highest BCUT2D eigenvalue weighted by Crippen LogP contribution is 2.32. The van der Waals surface area contributed by atoms with Crippen molar-refractivity contribution in [2.45, 2.75) is 39.8 Å². The van der Waals surface area contributed by atoms with Gasteiger partial charge in [0.2, 0.25) is 0 Å². The molecule has 1 amide bonds. The third kappa shape index (κ3) is 6.13. The second-order valence-corrected chi connectivity index (χ2v) is 9.71. The molecule has 1 N–H and O–H groups in total. The van der Waals surface area contributed by atoms with Gasteiger partial charge in [0.15, 0.2) is 11.6 Å².